The average Bonchev–Trinajstić information content (AvgIpc) is 2.38. The van der Waals surface area contributed by atoms with E-state index in [1.165, 1.54) is 0 Å². The Kier molecular flexibility index (Phi) is 5.95. The molecule has 18 heavy (non-hydrogen) atoms. The fourth-order valence-corrected chi connectivity index (χ4v) is 1.68. The van der Waals surface area contributed by atoms with Crippen molar-refractivity contribution in [3.05, 3.63) is 28.8 Å². The summed E-state index contributed by atoms with van der Waals surface area (Å²) in [5.41, 5.74) is 0.869. The lowest BCUT2D eigenvalue weighted by Gasteiger charge is -2.16. The first-order chi connectivity index (χ1) is 8.60. The van der Waals surface area contributed by atoms with Crippen LogP contribution in [0.3, 0.4) is 0 Å². The molecule has 5 heteroatoms. The van der Waals surface area contributed by atoms with Crippen molar-refractivity contribution in [3.8, 4) is 5.75 Å². The molecule has 0 aromatic heterocycles. The Bertz CT molecular complexity index is 410. The van der Waals surface area contributed by atoms with E-state index in [0.717, 1.165) is 5.56 Å². The number of nitrogens with one attached hydrogen (secondary N) is 1. The van der Waals surface area contributed by atoms with Gasteiger partial charge >= 0.3 is 0 Å². The molecule has 100 valence electrons. The van der Waals surface area contributed by atoms with Crippen LogP contribution < -0.4 is 10.1 Å². The van der Waals surface area contributed by atoms with E-state index >= 15 is 0 Å². The van der Waals surface area contributed by atoms with Crippen molar-refractivity contribution in [3.63, 3.8) is 0 Å². The van der Waals surface area contributed by atoms with Gasteiger partial charge in [-0.25, -0.2) is 0 Å². The number of hydrogen-bond acceptors (Lipinski definition) is 3. The molecule has 0 unspecified atom stereocenters. The Morgan fingerprint density at radius 2 is 2.22 bits per heavy atom. The predicted molar refractivity (Wildman–Crippen MR) is 73.0 cm³/mol. The highest BCUT2D eigenvalue weighted by atomic mass is 35.5. The van der Waals surface area contributed by atoms with E-state index in [4.69, 9.17) is 16.3 Å². The van der Waals surface area contributed by atoms with E-state index in [2.05, 4.69) is 5.32 Å². The van der Waals surface area contributed by atoms with Gasteiger partial charge < -0.3 is 15.0 Å². The highest BCUT2D eigenvalue weighted by molar-refractivity contribution is 6.31. The van der Waals surface area contributed by atoms with Gasteiger partial charge in [-0.2, -0.15) is 0 Å². The minimum absolute atomic E-state index is 0.0292. The number of benzene rings is 1. The summed E-state index contributed by atoms with van der Waals surface area (Å²) >= 11 is 6.10. The fraction of sp³-hybridized carbons (Fsp3) is 0.462. The highest BCUT2D eigenvalue weighted by Gasteiger charge is 2.11. The number of likely N-dealkylation sites (N-methyl/N-ethyl adjacent to an activating group) is 1. The molecule has 0 radical (unpaired) electrons. The van der Waals surface area contributed by atoms with Crippen molar-refractivity contribution in [1.82, 2.24) is 10.2 Å². The topological polar surface area (TPSA) is 41.6 Å². The van der Waals surface area contributed by atoms with Crippen molar-refractivity contribution >= 4 is 17.5 Å². The molecule has 0 fully saturated rings. The lowest BCUT2D eigenvalue weighted by Crippen LogP contribution is -2.31. The molecule has 4 nitrogen and oxygen atoms in total. The summed E-state index contributed by atoms with van der Waals surface area (Å²) in [5, 5.41) is 3.66. The smallest absolute Gasteiger partial charge is 0.260 e. The molecular formula is C13H19ClN2O2. The van der Waals surface area contributed by atoms with Gasteiger partial charge in [0.15, 0.2) is 6.61 Å². The zero-order valence-corrected chi connectivity index (χ0v) is 11.8. The standard InChI is InChI=1S/C13H19ClN2O2/c1-4-16(3)13(17)9-18-12-7-5-6-11(14)10(12)8-15-2/h5-7,15H,4,8-9H2,1-3H3. The quantitative estimate of drug-likeness (QED) is 0.859. The van der Waals surface area contributed by atoms with E-state index in [9.17, 15) is 4.79 Å². The summed E-state index contributed by atoms with van der Waals surface area (Å²) in [6.07, 6.45) is 0. The number of amides is 1. The van der Waals surface area contributed by atoms with Crippen LogP contribution in [-0.4, -0.2) is 38.1 Å². The van der Waals surface area contributed by atoms with Crippen LogP contribution in [0.25, 0.3) is 0 Å². The van der Waals surface area contributed by atoms with Crippen LogP contribution in [0.15, 0.2) is 18.2 Å². The lowest BCUT2D eigenvalue weighted by molar-refractivity contribution is -0.131. The molecule has 1 N–H and O–H groups in total. The lowest BCUT2D eigenvalue weighted by atomic mass is 10.2. The second kappa shape index (κ2) is 7.24. The van der Waals surface area contributed by atoms with Gasteiger partial charge in [0.1, 0.15) is 5.75 Å². The van der Waals surface area contributed by atoms with Gasteiger partial charge in [-0.05, 0) is 26.1 Å². The van der Waals surface area contributed by atoms with Crippen LogP contribution >= 0.6 is 11.6 Å². The van der Waals surface area contributed by atoms with Crippen molar-refractivity contribution in [2.45, 2.75) is 13.5 Å². The number of hydrogen-bond donors (Lipinski definition) is 1. The van der Waals surface area contributed by atoms with Crippen LogP contribution in [0, 0.1) is 0 Å². The summed E-state index contributed by atoms with van der Waals surface area (Å²) in [5.74, 6) is 0.600. The number of rotatable bonds is 6. The Morgan fingerprint density at radius 3 is 2.83 bits per heavy atom. The van der Waals surface area contributed by atoms with Crippen LogP contribution in [-0.2, 0) is 11.3 Å². The van der Waals surface area contributed by atoms with Gasteiger partial charge in [-0.3, -0.25) is 4.79 Å². The first kappa shape index (κ1) is 14.8. The predicted octanol–water partition coefficient (Wildman–Crippen LogP) is 1.92. The van der Waals surface area contributed by atoms with E-state index < -0.39 is 0 Å². The summed E-state index contributed by atoms with van der Waals surface area (Å²) in [4.78, 5) is 13.3. The number of halogens is 1. The fourth-order valence-electron chi connectivity index (χ4n) is 1.45. The molecule has 0 spiro atoms. The van der Waals surface area contributed by atoms with Gasteiger partial charge in [-0.15, -0.1) is 0 Å². The van der Waals surface area contributed by atoms with E-state index in [0.29, 0.717) is 23.9 Å². The Balaban J connectivity index is 2.72. The molecule has 0 atom stereocenters. The molecule has 0 saturated heterocycles. The van der Waals surface area contributed by atoms with Crippen LogP contribution in [0.4, 0.5) is 0 Å². The maximum atomic E-state index is 11.7. The maximum Gasteiger partial charge on any atom is 0.260 e. The summed E-state index contributed by atoms with van der Waals surface area (Å²) in [6.45, 7) is 3.22. The van der Waals surface area contributed by atoms with Crippen LogP contribution in [0.1, 0.15) is 12.5 Å². The molecule has 1 amide bonds. The largest absolute Gasteiger partial charge is 0.483 e. The number of ether oxygens (including phenoxy) is 1. The molecule has 0 heterocycles. The summed E-state index contributed by atoms with van der Waals surface area (Å²) in [7, 11) is 3.58. The van der Waals surface area contributed by atoms with Gasteiger partial charge in [0.25, 0.3) is 5.91 Å². The minimum Gasteiger partial charge on any atom is -0.483 e. The Morgan fingerprint density at radius 1 is 1.50 bits per heavy atom. The molecule has 0 aliphatic carbocycles. The summed E-state index contributed by atoms with van der Waals surface area (Å²) < 4.78 is 5.54. The Hall–Kier alpha value is -1.26. The van der Waals surface area contributed by atoms with Gasteiger partial charge in [0.05, 0.1) is 0 Å². The second-order valence-corrected chi connectivity index (χ2v) is 4.35. The number of carbonyl (C=O) groups is 1. The zero-order valence-electron chi connectivity index (χ0n) is 11.0. The first-order valence-electron chi connectivity index (χ1n) is 5.88. The van der Waals surface area contributed by atoms with Crippen molar-refractivity contribution in [1.29, 1.82) is 0 Å². The molecular weight excluding hydrogens is 252 g/mol. The van der Waals surface area contributed by atoms with E-state index in [1.807, 2.05) is 26.1 Å². The van der Waals surface area contributed by atoms with Crippen molar-refractivity contribution < 1.29 is 9.53 Å². The number of nitrogens with zero attached hydrogens (tertiary/aromatic N) is 1. The molecule has 0 aliphatic heterocycles. The highest BCUT2D eigenvalue weighted by Crippen LogP contribution is 2.26. The van der Waals surface area contributed by atoms with Crippen LogP contribution in [0.5, 0.6) is 5.75 Å². The minimum atomic E-state index is -0.0483. The monoisotopic (exact) mass is 270 g/mol. The number of carbonyl (C=O) groups excluding carboxylic acids is 1. The third-order valence-corrected chi connectivity index (χ3v) is 3.03. The SMILES string of the molecule is CCN(C)C(=O)COc1cccc(Cl)c1CNC. The van der Waals surface area contributed by atoms with Gasteiger partial charge in [0.2, 0.25) is 0 Å². The third-order valence-electron chi connectivity index (χ3n) is 2.68. The van der Waals surface area contributed by atoms with Gasteiger partial charge in [0, 0.05) is 30.7 Å². The van der Waals surface area contributed by atoms with E-state index in [-0.39, 0.29) is 12.5 Å². The zero-order chi connectivity index (χ0) is 13.5. The van der Waals surface area contributed by atoms with E-state index in [1.54, 1.807) is 18.0 Å². The summed E-state index contributed by atoms with van der Waals surface area (Å²) in [6, 6.07) is 5.43. The Labute approximate surface area is 113 Å². The average molecular weight is 271 g/mol. The molecule has 1 aromatic rings. The molecule has 1 aromatic carbocycles. The van der Waals surface area contributed by atoms with Crippen LogP contribution in [0.2, 0.25) is 5.02 Å². The van der Waals surface area contributed by atoms with Crippen molar-refractivity contribution in [2.24, 2.45) is 0 Å². The molecule has 1 rings (SSSR count). The first-order valence-corrected chi connectivity index (χ1v) is 6.26. The maximum absolute atomic E-state index is 11.7. The third kappa shape index (κ3) is 3.89. The van der Waals surface area contributed by atoms with Gasteiger partial charge in [-0.1, -0.05) is 17.7 Å². The second-order valence-electron chi connectivity index (χ2n) is 3.94. The molecule has 0 saturated carbocycles. The normalized spacial score (nSPS) is 10.2. The molecule has 0 bridgehead atoms. The molecule has 0 aliphatic rings. The van der Waals surface area contributed by atoms with Crippen molar-refractivity contribution in [2.75, 3.05) is 27.2 Å².